The highest BCUT2D eigenvalue weighted by Gasteiger charge is 2.18. The van der Waals surface area contributed by atoms with Crippen LogP contribution in [0.15, 0.2) is 16.5 Å². The second kappa shape index (κ2) is 5.75. The fourth-order valence-electron chi connectivity index (χ4n) is 1.28. The molecule has 1 aromatic heterocycles. The lowest BCUT2D eigenvalue weighted by Gasteiger charge is -2.17. The Morgan fingerprint density at radius 3 is 2.47 bits per heavy atom. The van der Waals surface area contributed by atoms with Gasteiger partial charge in [-0.05, 0) is 24.0 Å². The van der Waals surface area contributed by atoms with Gasteiger partial charge in [-0.15, -0.1) is 0 Å². The van der Waals surface area contributed by atoms with Crippen LogP contribution in [0.1, 0.15) is 43.5 Å². The lowest BCUT2D eigenvalue weighted by atomic mass is 9.94. The first-order valence-electron chi connectivity index (χ1n) is 5.88. The summed E-state index contributed by atoms with van der Waals surface area (Å²) < 4.78 is 30.8. The average Bonchev–Trinajstić information content (AvgIpc) is 2.72. The maximum absolute atomic E-state index is 11.7. The van der Waals surface area contributed by atoms with Crippen molar-refractivity contribution in [3.05, 3.63) is 23.7 Å². The number of sulfonamides is 1. The van der Waals surface area contributed by atoms with Gasteiger partial charge in [-0.3, -0.25) is 0 Å². The van der Waals surface area contributed by atoms with Crippen LogP contribution in [0.25, 0.3) is 0 Å². The van der Waals surface area contributed by atoms with Crippen molar-refractivity contribution in [1.82, 2.24) is 4.72 Å². The summed E-state index contributed by atoms with van der Waals surface area (Å²) in [5, 5.41) is 8.67. The molecule has 0 aliphatic carbocycles. The Morgan fingerprint density at radius 2 is 2.00 bits per heavy atom. The SMILES string of the molecule is CC(C)(C)CCS(=O)(=O)NCc1ccc(C(=O)O)o1. The zero-order valence-electron chi connectivity index (χ0n) is 11.3. The summed E-state index contributed by atoms with van der Waals surface area (Å²) in [6, 6.07) is 2.73. The van der Waals surface area contributed by atoms with Gasteiger partial charge in [0, 0.05) is 0 Å². The topological polar surface area (TPSA) is 96.6 Å². The lowest BCUT2D eigenvalue weighted by Crippen LogP contribution is -2.27. The van der Waals surface area contributed by atoms with Gasteiger partial charge in [0.15, 0.2) is 0 Å². The zero-order chi connectivity index (χ0) is 14.7. The third kappa shape index (κ3) is 5.89. The number of furan rings is 1. The van der Waals surface area contributed by atoms with E-state index in [0.717, 1.165) is 0 Å². The smallest absolute Gasteiger partial charge is 0.371 e. The molecular formula is C12H19NO5S. The number of rotatable bonds is 6. The fraction of sp³-hybridized carbons (Fsp3) is 0.583. The molecule has 0 aliphatic rings. The molecule has 0 atom stereocenters. The van der Waals surface area contributed by atoms with E-state index in [4.69, 9.17) is 9.52 Å². The number of carboxylic acid groups (broad SMARTS) is 1. The first kappa shape index (κ1) is 15.7. The van der Waals surface area contributed by atoms with Crippen LogP contribution in [0.2, 0.25) is 0 Å². The van der Waals surface area contributed by atoms with Gasteiger partial charge in [0.25, 0.3) is 0 Å². The molecule has 108 valence electrons. The molecule has 2 N–H and O–H groups in total. The summed E-state index contributed by atoms with van der Waals surface area (Å²) in [4.78, 5) is 10.6. The first-order valence-corrected chi connectivity index (χ1v) is 7.54. The maximum Gasteiger partial charge on any atom is 0.371 e. The van der Waals surface area contributed by atoms with Gasteiger partial charge >= 0.3 is 5.97 Å². The van der Waals surface area contributed by atoms with Crippen LogP contribution in [-0.4, -0.2) is 25.2 Å². The molecule has 0 spiro atoms. The molecule has 0 bridgehead atoms. The zero-order valence-corrected chi connectivity index (χ0v) is 12.1. The van der Waals surface area contributed by atoms with Crippen molar-refractivity contribution in [2.45, 2.75) is 33.7 Å². The quantitative estimate of drug-likeness (QED) is 0.832. The van der Waals surface area contributed by atoms with E-state index in [9.17, 15) is 13.2 Å². The van der Waals surface area contributed by atoms with Crippen LogP contribution in [-0.2, 0) is 16.6 Å². The predicted octanol–water partition coefficient (Wildman–Crippen LogP) is 1.83. The van der Waals surface area contributed by atoms with Crippen LogP contribution in [0, 0.1) is 5.41 Å². The summed E-state index contributed by atoms with van der Waals surface area (Å²) in [6.07, 6.45) is 0.543. The summed E-state index contributed by atoms with van der Waals surface area (Å²) >= 11 is 0. The van der Waals surface area contributed by atoms with Gasteiger partial charge < -0.3 is 9.52 Å². The Kier molecular flexibility index (Phi) is 4.75. The Hall–Kier alpha value is -1.34. The van der Waals surface area contributed by atoms with E-state index in [1.54, 1.807) is 0 Å². The highest BCUT2D eigenvalue weighted by atomic mass is 32.2. The summed E-state index contributed by atoms with van der Waals surface area (Å²) in [6.45, 7) is 5.86. The summed E-state index contributed by atoms with van der Waals surface area (Å²) in [5.41, 5.74) is -0.0596. The third-order valence-corrected chi connectivity index (χ3v) is 3.79. The highest BCUT2D eigenvalue weighted by molar-refractivity contribution is 7.89. The normalized spacial score (nSPS) is 12.6. The number of hydrogen-bond donors (Lipinski definition) is 2. The number of carboxylic acids is 1. The minimum absolute atomic E-state index is 0.0308. The predicted molar refractivity (Wildman–Crippen MR) is 70.4 cm³/mol. The molecule has 1 aromatic rings. The summed E-state index contributed by atoms with van der Waals surface area (Å²) in [7, 11) is -3.38. The van der Waals surface area contributed by atoms with Gasteiger partial charge in [0.1, 0.15) is 5.76 Å². The van der Waals surface area contributed by atoms with Gasteiger partial charge in [0.2, 0.25) is 15.8 Å². The van der Waals surface area contributed by atoms with Gasteiger partial charge in [-0.2, -0.15) is 0 Å². The molecule has 0 radical (unpaired) electrons. The van der Waals surface area contributed by atoms with Crippen molar-refractivity contribution in [3.8, 4) is 0 Å². The lowest BCUT2D eigenvalue weighted by molar-refractivity contribution is 0.0660. The van der Waals surface area contributed by atoms with E-state index >= 15 is 0 Å². The molecule has 0 fully saturated rings. The Morgan fingerprint density at radius 1 is 1.37 bits per heavy atom. The molecule has 0 saturated heterocycles. The molecular weight excluding hydrogens is 270 g/mol. The maximum atomic E-state index is 11.7. The monoisotopic (exact) mass is 289 g/mol. The van der Waals surface area contributed by atoms with Crippen LogP contribution in [0.5, 0.6) is 0 Å². The fourth-order valence-corrected chi connectivity index (χ4v) is 2.67. The van der Waals surface area contributed by atoms with Gasteiger partial charge in [-0.25, -0.2) is 17.9 Å². The minimum atomic E-state index is -3.38. The second-order valence-corrected chi connectivity index (χ2v) is 7.45. The third-order valence-electron chi connectivity index (χ3n) is 2.46. The molecule has 7 heteroatoms. The van der Waals surface area contributed by atoms with E-state index in [1.165, 1.54) is 12.1 Å². The Labute approximate surface area is 112 Å². The molecule has 0 saturated carbocycles. The molecule has 1 rings (SSSR count). The van der Waals surface area contributed by atoms with E-state index in [2.05, 4.69) is 4.72 Å². The second-order valence-electron chi connectivity index (χ2n) is 5.52. The molecule has 1 heterocycles. The molecule has 6 nitrogen and oxygen atoms in total. The van der Waals surface area contributed by atoms with Crippen molar-refractivity contribution >= 4 is 16.0 Å². The van der Waals surface area contributed by atoms with E-state index in [1.807, 2.05) is 20.8 Å². The van der Waals surface area contributed by atoms with Crippen molar-refractivity contribution in [2.24, 2.45) is 5.41 Å². The Balaban J connectivity index is 2.53. The van der Waals surface area contributed by atoms with Gasteiger partial charge in [0.05, 0.1) is 12.3 Å². The van der Waals surface area contributed by atoms with E-state index < -0.39 is 16.0 Å². The summed E-state index contributed by atoms with van der Waals surface area (Å²) in [5.74, 6) is -1.08. The van der Waals surface area contributed by atoms with Crippen LogP contribution >= 0.6 is 0 Å². The van der Waals surface area contributed by atoms with E-state index in [0.29, 0.717) is 6.42 Å². The Bertz CT molecular complexity index is 539. The van der Waals surface area contributed by atoms with Crippen molar-refractivity contribution in [3.63, 3.8) is 0 Å². The standard InChI is InChI=1S/C12H19NO5S/c1-12(2,3)6-7-19(16,17)13-8-9-4-5-10(18-9)11(14)15/h4-5,13H,6-8H2,1-3H3,(H,14,15). The van der Waals surface area contributed by atoms with Crippen molar-refractivity contribution < 1.29 is 22.7 Å². The van der Waals surface area contributed by atoms with Crippen molar-refractivity contribution in [1.29, 1.82) is 0 Å². The minimum Gasteiger partial charge on any atom is -0.475 e. The molecule has 0 unspecified atom stereocenters. The van der Waals surface area contributed by atoms with Crippen LogP contribution in [0.3, 0.4) is 0 Å². The number of nitrogens with one attached hydrogen (secondary N) is 1. The molecule has 0 aromatic carbocycles. The van der Waals surface area contributed by atoms with Crippen LogP contribution < -0.4 is 4.72 Å². The first-order chi connectivity index (χ1) is 8.59. The largest absolute Gasteiger partial charge is 0.475 e. The number of aromatic carboxylic acids is 1. The molecule has 19 heavy (non-hydrogen) atoms. The molecule has 0 aliphatic heterocycles. The average molecular weight is 289 g/mol. The van der Waals surface area contributed by atoms with Gasteiger partial charge in [-0.1, -0.05) is 20.8 Å². The van der Waals surface area contributed by atoms with Crippen LogP contribution in [0.4, 0.5) is 0 Å². The van der Waals surface area contributed by atoms with Crippen molar-refractivity contribution in [2.75, 3.05) is 5.75 Å². The highest BCUT2D eigenvalue weighted by Crippen LogP contribution is 2.19. The van der Waals surface area contributed by atoms with E-state index in [-0.39, 0.29) is 29.2 Å². The number of carbonyl (C=O) groups is 1. The number of hydrogen-bond acceptors (Lipinski definition) is 4. The molecule has 0 amide bonds.